The molecule has 0 saturated carbocycles. The van der Waals surface area contributed by atoms with Crippen LogP contribution in [0.3, 0.4) is 0 Å². The maximum atomic E-state index is 12.9. The summed E-state index contributed by atoms with van der Waals surface area (Å²) < 4.78 is 6.10. The molecule has 1 N–H and O–H groups in total. The number of para-hydroxylation sites is 1. The van der Waals surface area contributed by atoms with Gasteiger partial charge in [-0.1, -0.05) is 24.3 Å². The van der Waals surface area contributed by atoms with Gasteiger partial charge in [0.15, 0.2) is 5.60 Å². The number of carbonyl (C=O) groups is 2. The van der Waals surface area contributed by atoms with Crippen LogP contribution in [0.25, 0.3) is 20.8 Å². The molecular formula is C22H21N3O4S. The fourth-order valence-corrected chi connectivity index (χ4v) is 4.73. The van der Waals surface area contributed by atoms with Crippen LogP contribution in [0.2, 0.25) is 0 Å². The predicted octanol–water partition coefficient (Wildman–Crippen LogP) is 2.01. The lowest BCUT2D eigenvalue weighted by Gasteiger charge is -2.42. The van der Waals surface area contributed by atoms with Crippen LogP contribution in [0.1, 0.15) is 10.4 Å². The molecule has 30 heavy (non-hydrogen) atoms. The number of aliphatic hydroxyl groups is 1. The topological polar surface area (TPSA) is 83.0 Å². The molecule has 0 aliphatic carbocycles. The average Bonchev–Trinajstić information content (AvgIpc) is 3.21. The molecule has 0 unspecified atom stereocenters. The van der Waals surface area contributed by atoms with Crippen molar-refractivity contribution in [2.45, 2.75) is 5.60 Å². The van der Waals surface area contributed by atoms with Gasteiger partial charge in [-0.05, 0) is 24.3 Å². The van der Waals surface area contributed by atoms with Gasteiger partial charge in [-0.3, -0.25) is 9.59 Å². The normalized spacial score (nSPS) is 18.3. The molecule has 8 heteroatoms. The third kappa shape index (κ3) is 3.36. The zero-order valence-electron chi connectivity index (χ0n) is 16.3. The van der Waals surface area contributed by atoms with Gasteiger partial charge < -0.3 is 19.6 Å². The molecule has 2 aliphatic heterocycles. The van der Waals surface area contributed by atoms with Gasteiger partial charge in [0, 0.05) is 37.3 Å². The van der Waals surface area contributed by atoms with Crippen molar-refractivity contribution in [1.82, 2.24) is 14.8 Å². The number of aromatic nitrogens is 1. The molecule has 0 atom stereocenters. The minimum absolute atomic E-state index is 0.0476. The Morgan fingerprint density at radius 3 is 2.27 bits per heavy atom. The van der Waals surface area contributed by atoms with Crippen molar-refractivity contribution in [2.75, 3.05) is 39.4 Å². The third-order valence-corrected chi connectivity index (χ3v) is 6.69. The van der Waals surface area contributed by atoms with E-state index in [0.29, 0.717) is 31.7 Å². The number of piperazine rings is 1. The van der Waals surface area contributed by atoms with Gasteiger partial charge in [0.1, 0.15) is 5.01 Å². The Morgan fingerprint density at radius 2 is 1.63 bits per heavy atom. The van der Waals surface area contributed by atoms with Crippen LogP contribution >= 0.6 is 11.3 Å². The third-order valence-electron chi connectivity index (χ3n) is 5.61. The summed E-state index contributed by atoms with van der Waals surface area (Å²) >= 11 is 1.63. The van der Waals surface area contributed by atoms with Gasteiger partial charge in [-0.15, -0.1) is 11.3 Å². The Kier molecular flexibility index (Phi) is 4.77. The van der Waals surface area contributed by atoms with Crippen LogP contribution in [0.5, 0.6) is 0 Å². The Hall–Kier alpha value is -2.81. The predicted molar refractivity (Wildman–Crippen MR) is 113 cm³/mol. The number of amides is 2. The van der Waals surface area contributed by atoms with Crippen molar-refractivity contribution >= 4 is 33.4 Å². The Morgan fingerprint density at radius 1 is 0.967 bits per heavy atom. The minimum Gasteiger partial charge on any atom is -0.376 e. The molecule has 154 valence electrons. The molecular weight excluding hydrogens is 402 g/mol. The fraction of sp³-hybridized carbons (Fsp3) is 0.318. The maximum absolute atomic E-state index is 12.9. The second kappa shape index (κ2) is 7.46. The zero-order valence-corrected chi connectivity index (χ0v) is 17.1. The summed E-state index contributed by atoms with van der Waals surface area (Å²) in [6.45, 7) is 1.81. The molecule has 0 radical (unpaired) electrons. The summed E-state index contributed by atoms with van der Waals surface area (Å²) in [6.07, 6.45) is 0. The van der Waals surface area contributed by atoms with E-state index in [1.54, 1.807) is 21.1 Å². The van der Waals surface area contributed by atoms with Crippen molar-refractivity contribution in [2.24, 2.45) is 0 Å². The van der Waals surface area contributed by atoms with E-state index in [1.165, 1.54) is 0 Å². The highest BCUT2D eigenvalue weighted by atomic mass is 32.1. The molecule has 2 aromatic carbocycles. The van der Waals surface area contributed by atoms with Crippen LogP contribution in [0.4, 0.5) is 0 Å². The number of hydrogen-bond donors (Lipinski definition) is 1. The van der Waals surface area contributed by atoms with Gasteiger partial charge >= 0.3 is 0 Å². The first-order valence-electron chi connectivity index (χ1n) is 9.88. The SMILES string of the molecule is O=C(c1ccc(-c2nc3ccccc3s2)cc1)N1CCN(C(=O)C2(O)COC2)CC1. The number of hydrogen-bond acceptors (Lipinski definition) is 6. The summed E-state index contributed by atoms with van der Waals surface area (Å²) in [5.41, 5.74) is 1.19. The molecule has 3 aromatic rings. The van der Waals surface area contributed by atoms with Gasteiger partial charge in [0.2, 0.25) is 0 Å². The molecule has 3 heterocycles. The van der Waals surface area contributed by atoms with Crippen LogP contribution in [0.15, 0.2) is 48.5 Å². The van der Waals surface area contributed by atoms with E-state index >= 15 is 0 Å². The molecule has 2 saturated heterocycles. The molecule has 1 aromatic heterocycles. The first kappa shape index (κ1) is 19.2. The quantitative estimate of drug-likeness (QED) is 0.697. The van der Waals surface area contributed by atoms with Crippen molar-refractivity contribution in [3.05, 3.63) is 54.1 Å². The summed E-state index contributed by atoms with van der Waals surface area (Å²) in [5, 5.41) is 11.1. The molecule has 7 nitrogen and oxygen atoms in total. The summed E-state index contributed by atoms with van der Waals surface area (Å²) in [6, 6.07) is 15.5. The number of thiazole rings is 1. The van der Waals surface area contributed by atoms with Gasteiger partial charge in [-0.2, -0.15) is 0 Å². The number of carbonyl (C=O) groups excluding carboxylic acids is 2. The van der Waals surface area contributed by atoms with Gasteiger partial charge in [-0.25, -0.2) is 4.98 Å². The molecule has 2 fully saturated rings. The summed E-state index contributed by atoms with van der Waals surface area (Å²) in [5.74, 6) is -0.357. The van der Waals surface area contributed by atoms with E-state index in [1.807, 2.05) is 42.5 Å². The van der Waals surface area contributed by atoms with Crippen LogP contribution in [0, 0.1) is 0 Å². The monoisotopic (exact) mass is 423 g/mol. The van der Waals surface area contributed by atoms with Crippen molar-refractivity contribution < 1.29 is 19.4 Å². The van der Waals surface area contributed by atoms with Crippen molar-refractivity contribution in [3.8, 4) is 10.6 Å². The number of rotatable bonds is 3. The highest BCUT2D eigenvalue weighted by Crippen LogP contribution is 2.30. The highest BCUT2D eigenvalue weighted by molar-refractivity contribution is 7.21. The molecule has 0 spiro atoms. The maximum Gasteiger partial charge on any atom is 0.259 e. The Labute approximate surface area is 177 Å². The summed E-state index contributed by atoms with van der Waals surface area (Å²) in [7, 11) is 0. The molecule has 0 bridgehead atoms. The number of benzene rings is 2. The van der Waals surface area contributed by atoms with Crippen LogP contribution < -0.4 is 0 Å². The van der Waals surface area contributed by atoms with E-state index in [4.69, 9.17) is 4.74 Å². The Balaban J connectivity index is 1.24. The van der Waals surface area contributed by atoms with Crippen LogP contribution in [-0.2, 0) is 9.53 Å². The van der Waals surface area contributed by atoms with E-state index in [2.05, 4.69) is 11.1 Å². The number of ether oxygens (including phenoxy) is 1. The average molecular weight is 423 g/mol. The lowest BCUT2D eigenvalue weighted by molar-refractivity contribution is -0.201. The highest BCUT2D eigenvalue weighted by Gasteiger charge is 2.46. The fourth-order valence-electron chi connectivity index (χ4n) is 3.76. The number of fused-ring (bicyclic) bond motifs is 1. The largest absolute Gasteiger partial charge is 0.376 e. The first-order valence-corrected chi connectivity index (χ1v) is 10.7. The molecule has 5 rings (SSSR count). The van der Waals surface area contributed by atoms with E-state index in [-0.39, 0.29) is 25.0 Å². The second-order valence-electron chi connectivity index (χ2n) is 7.67. The number of nitrogens with zero attached hydrogens (tertiary/aromatic N) is 3. The lowest BCUT2D eigenvalue weighted by Crippen LogP contribution is -2.64. The van der Waals surface area contributed by atoms with E-state index in [0.717, 1.165) is 20.8 Å². The minimum atomic E-state index is -1.39. The Bertz CT molecular complexity index is 1070. The van der Waals surface area contributed by atoms with E-state index in [9.17, 15) is 14.7 Å². The summed E-state index contributed by atoms with van der Waals surface area (Å²) in [4.78, 5) is 33.3. The molecule has 2 amide bonds. The first-order chi connectivity index (χ1) is 14.5. The zero-order chi connectivity index (χ0) is 20.7. The van der Waals surface area contributed by atoms with Crippen LogP contribution in [-0.4, -0.2) is 76.7 Å². The van der Waals surface area contributed by atoms with Gasteiger partial charge in [0.25, 0.3) is 11.8 Å². The standard InChI is InChI=1S/C22H21N3O4S/c26-20(24-9-11-25(12-10-24)21(27)22(28)13-29-14-22)16-7-5-15(6-8-16)19-23-17-3-1-2-4-18(17)30-19/h1-8,28H,9-14H2. The van der Waals surface area contributed by atoms with Crippen molar-refractivity contribution in [1.29, 1.82) is 0 Å². The second-order valence-corrected chi connectivity index (χ2v) is 8.70. The van der Waals surface area contributed by atoms with E-state index < -0.39 is 5.60 Å². The van der Waals surface area contributed by atoms with Gasteiger partial charge in [0.05, 0.1) is 23.4 Å². The molecule has 2 aliphatic rings. The smallest absolute Gasteiger partial charge is 0.259 e. The van der Waals surface area contributed by atoms with Crippen molar-refractivity contribution in [3.63, 3.8) is 0 Å². The lowest BCUT2D eigenvalue weighted by atomic mass is 10.00.